The molecule has 5 rings (SSSR count). The zero-order chi connectivity index (χ0) is 20.7. The Kier molecular flexibility index (Phi) is 4.62. The Labute approximate surface area is 175 Å². The van der Waals surface area contributed by atoms with E-state index in [2.05, 4.69) is 58.8 Å². The quantitative estimate of drug-likeness (QED) is 0.387. The minimum absolute atomic E-state index is 0.216. The average Bonchev–Trinajstić information content (AvgIpc) is 3.35. The monoisotopic (exact) mass is 423 g/mol. The van der Waals surface area contributed by atoms with Gasteiger partial charge in [-0.2, -0.15) is 13.2 Å². The van der Waals surface area contributed by atoms with Crippen LogP contribution in [-0.2, 0) is 11.9 Å². The maximum absolute atomic E-state index is 12.7. The summed E-state index contributed by atoms with van der Waals surface area (Å²) in [6, 6.07) is 21.7. The lowest BCUT2D eigenvalue weighted by Gasteiger charge is -2.12. The van der Waals surface area contributed by atoms with Gasteiger partial charge in [0, 0.05) is 5.75 Å². The Balaban J connectivity index is 1.34. The Bertz CT molecular complexity index is 1150. The second kappa shape index (κ2) is 7.32. The Morgan fingerprint density at radius 2 is 1.43 bits per heavy atom. The molecule has 0 unspecified atom stereocenters. The third kappa shape index (κ3) is 3.39. The van der Waals surface area contributed by atoms with Crippen LogP contribution in [-0.4, -0.2) is 15.0 Å². The summed E-state index contributed by atoms with van der Waals surface area (Å²) in [5.74, 6) is 0.647. The maximum Gasteiger partial charge on any atom is 0.416 e. The highest BCUT2D eigenvalue weighted by molar-refractivity contribution is 7.99. The number of thioether (sulfide) groups is 1. The maximum atomic E-state index is 12.7. The number of fused-ring (bicyclic) bond motifs is 3. The predicted octanol–water partition coefficient (Wildman–Crippen LogP) is 6.29. The van der Waals surface area contributed by atoms with Crippen LogP contribution in [0.3, 0.4) is 0 Å². The Morgan fingerprint density at radius 3 is 2.03 bits per heavy atom. The van der Waals surface area contributed by atoms with Crippen molar-refractivity contribution in [2.45, 2.75) is 17.2 Å². The molecule has 0 spiro atoms. The standard InChI is InChI=1S/C23H16F3N3S/c24-23(25,26)15-9-11-17(12-10-15)29-13-16(27-28-29)14-30-22-20-7-3-1-5-18(20)19-6-2-4-8-21(19)22/h1-13,22H,14H2. The lowest BCUT2D eigenvalue weighted by atomic mass is 10.1. The third-order valence-corrected chi connectivity index (χ3v) is 6.48. The van der Waals surface area contributed by atoms with Crippen LogP contribution in [0.2, 0.25) is 0 Å². The van der Waals surface area contributed by atoms with Gasteiger partial charge in [0.25, 0.3) is 0 Å². The second-order valence-corrected chi connectivity index (χ2v) is 8.16. The van der Waals surface area contributed by atoms with Crippen molar-refractivity contribution in [1.82, 2.24) is 15.0 Å². The smallest absolute Gasteiger partial charge is 0.220 e. The molecule has 3 nitrogen and oxygen atoms in total. The minimum Gasteiger partial charge on any atom is -0.220 e. The lowest BCUT2D eigenvalue weighted by molar-refractivity contribution is -0.137. The molecule has 1 aliphatic carbocycles. The number of hydrogen-bond donors (Lipinski definition) is 0. The van der Waals surface area contributed by atoms with Gasteiger partial charge in [0.2, 0.25) is 0 Å². The van der Waals surface area contributed by atoms with E-state index >= 15 is 0 Å². The molecule has 0 atom stereocenters. The van der Waals surface area contributed by atoms with E-state index in [0.717, 1.165) is 17.8 Å². The van der Waals surface area contributed by atoms with Crippen LogP contribution in [0.4, 0.5) is 13.2 Å². The summed E-state index contributed by atoms with van der Waals surface area (Å²) < 4.78 is 39.8. The summed E-state index contributed by atoms with van der Waals surface area (Å²) in [7, 11) is 0. The van der Waals surface area contributed by atoms with Gasteiger partial charge >= 0.3 is 6.18 Å². The van der Waals surface area contributed by atoms with Gasteiger partial charge in [-0.3, -0.25) is 0 Å². The van der Waals surface area contributed by atoms with Crippen LogP contribution in [0.15, 0.2) is 79.0 Å². The molecule has 4 aromatic rings. The predicted molar refractivity (Wildman–Crippen MR) is 111 cm³/mol. The van der Waals surface area contributed by atoms with E-state index in [-0.39, 0.29) is 5.25 Å². The molecule has 0 amide bonds. The van der Waals surface area contributed by atoms with Gasteiger partial charge in [0.15, 0.2) is 0 Å². The normalized spacial score (nSPS) is 13.3. The van der Waals surface area contributed by atoms with Crippen LogP contribution >= 0.6 is 11.8 Å². The Hall–Kier alpha value is -3.06. The van der Waals surface area contributed by atoms with Crippen molar-refractivity contribution in [3.8, 4) is 16.8 Å². The summed E-state index contributed by atoms with van der Waals surface area (Å²) in [4.78, 5) is 0. The van der Waals surface area contributed by atoms with Crippen LogP contribution in [0, 0.1) is 0 Å². The minimum atomic E-state index is -4.35. The molecule has 1 heterocycles. The van der Waals surface area contributed by atoms with Crippen LogP contribution in [0.1, 0.15) is 27.6 Å². The van der Waals surface area contributed by atoms with Crippen LogP contribution < -0.4 is 0 Å². The van der Waals surface area contributed by atoms with Crippen molar-refractivity contribution in [1.29, 1.82) is 0 Å². The molecule has 0 N–H and O–H groups in total. The molecule has 150 valence electrons. The first-order valence-corrected chi connectivity index (χ1v) is 10.4. The molecule has 7 heteroatoms. The number of benzene rings is 3. The number of rotatable bonds is 4. The molecule has 0 fully saturated rings. The summed E-state index contributed by atoms with van der Waals surface area (Å²) in [6.07, 6.45) is -2.58. The first-order valence-electron chi connectivity index (χ1n) is 9.39. The molecule has 1 aliphatic rings. The van der Waals surface area contributed by atoms with E-state index in [1.54, 1.807) is 18.0 Å². The van der Waals surface area contributed by atoms with Crippen LogP contribution in [0.25, 0.3) is 16.8 Å². The van der Waals surface area contributed by atoms with Gasteiger partial charge in [-0.15, -0.1) is 16.9 Å². The van der Waals surface area contributed by atoms with Gasteiger partial charge in [-0.25, -0.2) is 4.68 Å². The van der Waals surface area contributed by atoms with E-state index in [1.807, 2.05) is 0 Å². The highest BCUT2D eigenvalue weighted by Crippen LogP contribution is 2.50. The summed E-state index contributed by atoms with van der Waals surface area (Å²) >= 11 is 1.77. The lowest BCUT2D eigenvalue weighted by Crippen LogP contribution is -2.05. The zero-order valence-electron chi connectivity index (χ0n) is 15.7. The van der Waals surface area contributed by atoms with Crippen molar-refractivity contribution in [2.75, 3.05) is 0 Å². The molecule has 30 heavy (non-hydrogen) atoms. The molecule has 0 bridgehead atoms. The fraction of sp³-hybridized carbons (Fsp3) is 0.130. The zero-order valence-corrected chi connectivity index (χ0v) is 16.5. The van der Waals surface area contributed by atoms with E-state index in [1.165, 1.54) is 39.1 Å². The van der Waals surface area contributed by atoms with Crippen molar-refractivity contribution in [3.63, 3.8) is 0 Å². The molecule has 0 radical (unpaired) electrons. The summed E-state index contributed by atoms with van der Waals surface area (Å²) in [5.41, 5.74) is 5.75. The van der Waals surface area contributed by atoms with Crippen molar-refractivity contribution >= 4 is 11.8 Å². The van der Waals surface area contributed by atoms with E-state index in [9.17, 15) is 13.2 Å². The average molecular weight is 423 g/mol. The van der Waals surface area contributed by atoms with Crippen molar-refractivity contribution in [2.24, 2.45) is 0 Å². The first-order chi connectivity index (χ1) is 14.5. The second-order valence-electron chi connectivity index (χ2n) is 7.06. The van der Waals surface area contributed by atoms with E-state index in [0.29, 0.717) is 11.4 Å². The Morgan fingerprint density at radius 1 is 0.833 bits per heavy atom. The van der Waals surface area contributed by atoms with Gasteiger partial charge in [0.1, 0.15) is 0 Å². The number of nitrogens with zero attached hydrogens (tertiary/aromatic N) is 3. The highest BCUT2D eigenvalue weighted by Gasteiger charge is 2.30. The number of hydrogen-bond acceptors (Lipinski definition) is 3. The fourth-order valence-electron chi connectivity index (χ4n) is 3.75. The number of halogens is 3. The van der Waals surface area contributed by atoms with E-state index < -0.39 is 11.7 Å². The molecule has 3 aromatic carbocycles. The van der Waals surface area contributed by atoms with E-state index in [4.69, 9.17) is 0 Å². The summed E-state index contributed by atoms with van der Waals surface area (Å²) in [5, 5.41) is 8.51. The van der Waals surface area contributed by atoms with Gasteiger partial charge < -0.3 is 0 Å². The van der Waals surface area contributed by atoms with Gasteiger partial charge in [-0.1, -0.05) is 53.7 Å². The third-order valence-electron chi connectivity index (χ3n) is 5.17. The number of aromatic nitrogens is 3. The molecule has 0 saturated carbocycles. The number of alkyl halides is 3. The SMILES string of the molecule is FC(F)(F)c1ccc(-n2cc(CSC3c4ccccc4-c4ccccc43)nn2)cc1. The van der Waals surface area contributed by atoms with Gasteiger partial charge in [0.05, 0.1) is 28.4 Å². The first kappa shape index (κ1) is 18.9. The molecule has 0 aliphatic heterocycles. The van der Waals surface area contributed by atoms with Crippen molar-refractivity contribution in [3.05, 3.63) is 101 Å². The molecule has 0 saturated heterocycles. The largest absolute Gasteiger partial charge is 0.416 e. The van der Waals surface area contributed by atoms with Crippen molar-refractivity contribution < 1.29 is 13.2 Å². The molecular formula is C23H16F3N3S. The van der Waals surface area contributed by atoms with Crippen LogP contribution in [0.5, 0.6) is 0 Å². The van der Waals surface area contributed by atoms with Gasteiger partial charge in [-0.05, 0) is 46.5 Å². The fourth-order valence-corrected chi connectivity index (χ4v) is 4.99. The molecule has 1 aromatic heterocycles. The highest BCUT2D eigenvalue weighted by atomic mass is 32.2. The topological polar surface area (TPSA) is 30.7 Å². The summed E-state index contributed by atoms with van der Waals surface area (Å²) in [6.45, 7) is 0. The molecular weight excluding hydrogens is 407 g/mol.